The molecule has 140 heavy (non-hydrogen) atoms. The van der Waals surface area contributed by atoms with Gasteiger partial charge in [-0.25, -0.2) is 14.6 Å². The van der Waals surface area contributed by atoms with E-state index in [9.17, 15) is 57.5 Å². The summed E-state index contributed by atoms with van der Waals surface area (Å²) in [6.07, 6.45) is 2.83. The number of aromatic amines is 4. The number of likely N-dealkylation sites (N-methyl/N-ethyl adjacent to an activating group) is 4. The van der Waals surface area contributed by atoms with E-state index in [1.54, 1.807) is 167 Å². The van der Waals surface area contributed by atoms with Gasteiger partial charge in [-0.2, -0.15) is 10.2 Å². The maximum absolute atomic E-state index is 14.4. The van der Waals surface area contributed by atoms with E-state index in [-0.39, 0.29) is 78.3 Å². The minimum atomic E-state index is -1.41. The highest BCUT2D eigenvalue weighted by atomic mass is 16.6. The van der Waals surface area contributed by atoms with E-state index in [1.165, 1.54) is 26.0 Å². The molecular weight excluding hydrogens is 1800 g/mol. The summed E-state index contributed by atoms with van der Waals surface area (Å²) in [6.45, 7) is 25.3. The molecule has 8 heterocycles. The number of hydrogen-bond donors (Lipinski definition) is 9. The number of fused-ring (bicyclic) bond motifs is 4. The summed E-state index contributed by atoms with van der Waals surface area (Å²) in [5.41, 5.74) is 10.8. The third-order valence-electron chi connectivity index (χ3n) is 23.8. The predicted molar refractivity (Wildman–Crippen MR) is 524 cm³/mol. The molecule has 6 aromatic carbocycles. The van der Waals surface area contributed by atoms with Crippen molar-refractivity contribution in [3.63, 3.8) is 0 Å². The van der Waals surface area contributed by atoms with Crippen LogP contribution in [0, 0.1) is 27.7 Å². The highest BCUT2D eigenvalue weighted by Crippen LogP contribution is 2.43. The number of nitrogens with one attached hydrogen (secondary N) is 9. The molecule has 10 aromatic rings. The van der Waals surface area contributed by atoms with Crippen molar-refractivity contribution in [3.05, 3.63) is 202 Å². The Bertz CT molecular complexity index is 5930. The van der Waals surface area contributed by atoms with Crippen LogP contribution < -0.4 is 69.5 Å². The standard InChI is InChI=1S/C51H59N9O10.C51H58N8O11/c1-8-59(9-2)21-20-52-50(65)47-30(3)39(55-31(47)4)26-37-36-25-35(15-16-38(36)57-49(37)64)56-48(63)32(5)69-46(62)19-18-45(61)60(51(66)44-29-68-41-12-10-11-13-42(41)70-44)40-17-14-33(34-27-53-54-28-34)24-43(40)67-23-22-58(6)7;1-8-58(9-2)21-20-52-49(63)47-30(3)39(55-31(47)4)26-37-36-25-35(15-16-38(36)56-48(37)62)69-51(65)32(5)68-46(61)19-18-45(60)59(50(64)44-29-67-41-12-10-11-13-42(41)70-44)40-17-14-33(34-27-53-54-28-34)24-43(40)66-23-22-57(6)7/h10-17,24-28,32,44,55H,8-9,18-23,29H2,1-7H3,(H,52,65)(H,53,54)(H,56,63)(H,57,64);10-17,24-28,32,44,55H,8-9,18-23,29H2,1-7H3,(H,52,63)(H,53,54)(H,56,62)/b2*37-26-. The van der Waals surface area contributed by atoms with Crippen molar-refractivity contribution in [1.82, 2.24) is 60.6 Å². The van der Waals surface area contributed by atoms with Gasteiger partial charge in [0.25, 0.3) is 41.4 Å². The van der Waals surface area contributed by atoms with Gasteiger partial charge in [0.2, 0.25) is 24.0 Å². The average molecular weight is 1920 g/mol. The summed E-state index contributed by atoms with van der Waals surface area (Å²) in [5.74, 6) is -5.50. The number of carbonyl (C=O) groups excluding carboxylic acids is 12. The van der Waals surface area contributed by atoms with Crippen molar-refractivity contribution in [2.45, 2.75) is 119 Å². The highest BCUT2D eigenvalue weighted by Gasteiger charge is 2.41. The maximum atomic E-state index is 14.4. The number of carbonyl (C=O) groups is 12. The molecule has 736 valence electrons. The number of amides is 9. The van der Waals surface area contributed by atoms with E-state index in [4.69, 9.17) is 42.6 Å². The first-order valence-corrected chi connectivity index (χ1v) is 46.3. The normalized spacial score (nSPS) is 14.8. The lowest BCUT2D eigenvalue weighted by Gasteiger charge is -2.30. The van der Waals surface area contributed by atoms with E-state index >= 15 is 0 Å². The summed E-state index contributed by atoms with van der Waals surface area (Å²) < 4.78 is 52.6. The number of H-pyrrole nitrogens is 4. The fraction of sp³-hybridized carbons (Fsp3) is 0.353. The summed E-state index contributed by atoms with van der Waals surface area (Å²) in [4.78, 5) is 180. The number of para-hydroxylation sites is 4. The van der Waals surface area contributed by atoms with E-state index < -0.39 is 103 Å². The Morgan fingerprint density at radius 3 is 1.36 bits per heavy atom. The maximum Gasteiger partial charge on any atom is 0.352 e. The van der Waals surface area contributed by atoms with Gasteiger partial charge in [-0.3, -0.25) is 62.9 Å². The average Bonchev–Trinajstić information content (AvgIpc) is 1.62. The number of aryl methyl sites for hydroxylation is 2. The summed E-state index contributed by atoms with van der Waals surface area (Å²) in [7, 11) is 7.54. The first kappa shape index (κ1) is 102. The van der Waals surface area contributed by atoms with Gasteiger partial charge in [0.1, 0.15) is 43.7 Å². The predicted octanol–water partition coefficient (Wildman–Crippen LogP) is 11.1. The summed E-state index contributed by atoms with van der Waals surface area (Å²) in [6, 6.07) is 33.2. The smallest absolute Gasteiger partial charge is 0.352 e. The number of benzene rings is 6. The number of ether oxygens (including phenoxy) is 9. The Balaban J connectivity index is 0.000000236. The molecule has 9 amide bonds. The lowest BCUT2D eigenvalue weighted by atomic mass is 10.0. The Morgan fingerprint density at radius 2 is 0.929 bits per heavy atom. The fourth-order valence-electron chi connectivity index (χ4n) is 16.0. The molecule has 38 nitrogen and oxygen atoms in total. The number of aromatic nitrogens is 6. The fourth-order valence-corrected chi connectivity index (χ4v) is 16.0. The van der Waals surface area contributed by atoms with Gasteiger partial charge >= 0.3 is 17.9 Å². The number of imide groups is 2. The molecule has 0 spiro atoms. The SMILES string of the molecule is CCN(CC)CCNC(=O)c1c(C)[nH]c(/C=C2\C(=O)Nc3ccc(NC(=O)C(C)OC(=O)CCC(=O)N(C(=O)C4COc5ccccc5O4)c4ccc(-c5cn[nH]c5)cc4OCCN(C)C)cc32)c1C.CCN(CC)CCNC(=O)c1c(C)[nH]c(/C=C2\C(=O)Nc3ccc(OC(=O)C(C)OC(=O)CCC(=O)N(C(=O)C4COc5ccccc5O4)c4ccc(-c5cn[nH]c5)cc4OCCN(C)C)cc32)c1C. The van der Waals surface area contributed by atoms with Crippen molar-refractivity contribution in [2.24, 2.45) is 0 Å². The van der Waals surface area contributed by atoms with Crippen LogP contribution in [0.3, 0.4) is 0 Å². The molecule has 4 aliphatic rings. The van der Waals surface area contributed by atoms with Crippen LogP contribution in [0.2, 0.25) is 0 Å². The van der Waals surface area contributed by atoms with Crippen LogP contribution in [-0.2, 0) is 57.4 Å². The van der Waals surface area contributed by atoms with Gasteiger partial charge in [0.15, 0.2) is 35.2 Å². The number of rotatable bonds is 40. The van der Waals surface area contributed by atoms with Crippen molar-refractivity contribution in [1.29, 1.82) is 0 Å². The topological polar surface area (TPSA) is 456 Å². The second-order valence-electron chi connectivity index (χ2n) is 34.1. The number of esters is 3. The quantitative estimate of drug-likeness (QED) is 0.00978. The minimum Gasteiger partial charge on any atom is -0.490 e. The molecule has 4 aliphatic heterocycles. The van der Waals surface area contributed by atoms with Crippen LogP contribution in [0.1, 0.15) is 133 Å². The molecule has 0 saturated carbocycles. The van der Waals surface area contributed by atoms with Crippen molar-refractivity contribution < 1.29 is 100 Å². The third-order valence-corrected chi connectivity index (χ3v) is 23.8. The molecule has 4 atom stereocenters. The third kappa shape index (κ3) is 25.1. The van der Waals surface area contributed by atoms with E-state index in [2.05, 4.69) is 94.4 Å². The van der Waals surface area contributed by atoms with Gasteiger partial charge in [-0.05, 0) is 215 Å². The zero-order valence-corrected chi connectivity index (χ0v) is 80.7. The van der Waals surface area contributed by atoms with Crippen LogP contribution >= 0.6 is 0 Å². The number of hydrogen-bond acceptors (Lipinski definition) is 27. The molecule has 9 N–H and O–H groups in total. The molecular formula is C102H117N17O21. The van der Waals surface area contributed by atoms with E-state index in [0.29, 0.717) is 139 Å². The molecule has 0 fully saturated rings. The van der Waals surface area contributed by atoms with Crippen molar-refractivity contribution >= 4 is 123 Å². The Hall–Kier alpha value is -15.5. The van der Waals surface area contributed by atoms with Gasteiger partial charge in [0, 0.05) is 127 Å². The zero-order chi connectivity index (χ0) is 100. The van der Waals surface area contributed by atoms with Crippen LogP contribution in [0.15, 0.2) is 146 Å². The van der Waals surface area contributed by atoms with E-state index in [1.807, 2.05) is 44.9 Å². The molecule has 4 unspecified atom stereocenters. The molecule has 0 bridgehead atoms. The molecule has 38 heteroatoms. The Kier molecular flexibility index (Phi) is 34.2. The minimum absolute atomic E-state index is 0.0740. The number of nitrogens with zero attached hydrogens (tertiary/aromatic N) is 8. The van der Waals surface area contributed by atoms with Gasteiger partial charge in [0.05, 0.1) is 58.9 Å². The molecule has 4 aromatic heterocycles. The van der Waals surface area contributed by atoms with Gasteiger partial charge in [-0.1, -0.05) is 64.1 Å². The Labute approximate surface area is 809 Å². The highest BCUT2D eigenvalue weighted by molar-refractivity contribution is 6.36. The number of anilines is 5. The first-order valence-electron chi connectivity index (χ1n) is 46.3. The zero-order valence-electron chi connectivity index (χ0n) is 80.7. The van der Waals surface area contributed by atoms with Crippen LogP contribution in [0.4, 0.5) is 28.4 Å². The van der Waals surface area contributed by atoms with Gasteiger partial charge < -0.3 is 98.8 Å². The molecule has 0 radical (unpaired) electrons. The van der Waals surface area contributed by atoms with Crippen molar-refractivity contribution in [2.75, 3.05) is 146 Å². The molecule has 0 saturated heterocycles. The molecule has 0 aliphatic carbocycles. The van der Waals surface area contributed by atoms with Crippen LogP contribution in [-0.4, -0.2) is 266 Å². The molecule has 14 rings (SSSR count). The lowest BCUT2D eigenvalue weighted by molar-refractivity contribution is -0.161. The Morgan fingerprint density at radius 1 is 0.500 bits per heavy atom. The summed E-state index contributed by atoms with van der Waals surface area (Å²) in [5, 5.41) is 28.0. The van der Waals surface area contributed by atoms with E-state index in [0.717, 1.165) is 60.2 Å². The van der Waals surface area contributed by atoms with Crippen LogP contribution in [0.25, 0.3) is 45.6 Å². The summed E-state index contributed by atoms with van der Waals surface area (Å²) >= 11 is 0. The lowest BCUT2D eigenvalue weighted by Crippen LogP contribution is -2.49. The monoisotopic (exact) mass is 1920 g/mol. The van der Waals surface area contributed by atoms with Crippen LogP contribution in [0.5, 0.6) is 40.2 Å². The second kappa shape index (κ2) is 47.0. The largest absolute Gasteiger partial charge is 0.490 e. The first-order chi connectivity index (χ1) is 67.3. The van der Waals surface area contributed by atoms with Crippen molar-refractivity contribution in [3.8, 4) is 62.5 Å². The van der Waals surface area contributed by atoms with Gasteiger partial charge in [-0.15, -0.1) is 0 Å². The second-order valence-corrected chi connectivity index (χ2v) is 34.1.